The molecule has 3 nitrogen and oxygen atoms in total. The van der Waals surface area contributed by atoms with E-state index in [9.17, 15) is 0 Å². The lowest BCUT2D eigenvalue weighted by Gasteiger charge is -2.39. The first-order chi connectivity index (χ1) is 19.2. The van der Waals surface area contributed by atoms with Gasteiger partial charge < -0.3 is 9.80 Å². The van der Waals surface area contributed by atoms with Crippen LogP contribution in [0.4, 0.5) is 0 Å². The van der Waals surface area contributed by atoms with Crippen molar-refractivity contribution in [2.75, 3.05) is 26.2 Å². The van der Waals surface area contributed by atoms with Crippen LogP contribution in [0.2, 0.25) is 0 Å². The van der Waals surface area contributed by atoms with Crippen molar-refractivity contribution in [3.63, 3.8) is 0 Å². The Morgan fingerprint density at radius 3 is 2.27 bits per heavy atom. The highest BCUT2D eigenvalue weighted by Gasteiger charge is 2.33. The highest BCUT2D eigenvalue weighted by Crippen LogP contribution is 2.36. The Morgan fingerprint density at radius 1 is 0.825 bits per heavy atom. The van der Waals surface area contributed by atoms with Gasteiger partial charge in [-0.05, 0) is 73.4 Å². The van der Waals surface area contributed by atoms with Crippen molar-refractivity contribution in [2.45, 2.75) is 72.0 Å². The number of benzene rings is 3. The quantitative estimate of drug-likeness (QED) is 0.265. The van der Waals surface area contributed by atoms with Crippen LogP contribution in [0.3, 0.4) is 0 Å². The molecule has 2 aliphatic heterocycles. The van der Waals surface area contributed by atoms with Crippen molar-refractivity contribution >= 4 is 5.70 Å². The molecule has 210 valence electrons. The van der Waals surface area contributed by atoms with Gasteiger partial charge in [0.2, 0.25) is 0 Å². The lowest BCUT2D eigenvalue weighted by molar-refractivity contribution is 0.109. The van der Waals surface area contributed by atoms with Gasteiger partial charge >= 0.3 is 0 Å². The third kappa shape index (κ3) is 6.20. The maximum atomic E-state index is 4.62. The van der Waals surface area contributed by atoms with Crippen LogP contribution in [0.5, 0.6) is 0 Å². The van der Waals surface area contributed by atoms with Crippen molar-refractivity contribution in [1.82, 2.24) is 14.7 Å². The number of rotatable bonds is 10. The lowest BCUT2D eigenvalue weighted by atomic mass is 9.92. The first-order valence-corrected chi connectivity index (χ1v) is 15.1. The molecule has 0 unspecified atom stereocenters. The molecule has 3 aromatic carbocycles. The summed E-state index contributed by atoms with van der Waals surface area (Å²) in [7, 11) is 0. The van der Waals surface area contributed by atoms with Gasteiger partial charge in [-0.2, -0.15) is 0 Å². The Hall–Kier alpha value is -3.30. The summed E-state index contributed by atoms with van der Waals surface area (Å²) in [5, 5.41) is 0. The van der Waals surface area contributed by atoms with E-state index in [0.29, 0.717) is 0 Å². The largest absolute Gasteiger partial charge is 0.371 e. The molecular weight excluding hydrogens is 486 g/mol. The standard InChI is InChI=1S/C37H47N3/c1-7-33-25-32(17-16-28(33)2)18-19-37(5,6)40-26-34-14-11-15-35(36(34)27-40)30(4)39-22-20-38(21-23-39)29(3)24-31-12-9-8-10-13-31/h8-17,25H,3-4,7,18-24,26-27H2,1-2,5-6H3. The van der Waals surface area contributed by atoms with Crippen LogP contribution in [0.25, 0.3) is 5.70 Å². The predicted octanol–water partition coefficient (Wildman–Crippen LogP) is 7.63. The number of hydrogen-bond acceptors (Lipinski definition) is 3. The van der Waals surface area contributed by atoms with E-state index in [-0.39, 0.29) is 5.54 Å². The van der Waals surface area contributed by atoms with E-state index in [1.54, 1.807) is 0 Å². The number of allylic oxidation sites excluding steroid dienone is 1. The SMILES string of the molecule is C=C(Cc1ccccc1)N1CCN(C(=C)c2cccc3c2CN(C(C)(C)CCc2ccc(C)c(CC)c2)C3)CC1. The summed E-state index contributed by atoms with van der Waals surface area (Å²) < 4.78 is 0. The van der Waals surface area contributed by atoms with Crippen molar-refractivity contribution in [3.8, 4) is 0 Å². The molecule has 3 heteroatoms. The third-order valence-corrected chi connectivity index (χ3v) is 9.33. The first-order valence-electron chi connectivity index (χ1n) is 15.1. The molecule has 0 radical (unpaired) electrons. The van der Waals surface area contributed by atoms with Crippen LogP contribution in [-0.4, -0.2) is 46.4 Å². The van der Waals surface area contributed by atoms with Gasteiger partial charge in [-0.15, -0.1) is 0 Å². The van der Waals surface area contributed by atoms with E-state index in [0.717, 1.165) is 65.0 Å². The predicted molar refractivity (Wildman–Crippen MR) is 170 cm³/mol. The van der Waals surface area contributed by atoms with E-state index in [2.05, 4.69) is 122 Å². The van der Waals surface area contributed by atoms with E-state index < -0.39 is 0 Å². The van der Waals surface area contributed by atoms with Crippen molar-refractivity contribution in [2.24, 2.45) is 0 Å². The molecule has 40 heavy (non-hydrogen) atoms. The molecule has 1 saturated heterocycles. The molecule has 0 N–H and O–H groups in total. The number of piperazine rings is 1. The number of nitrogens with zero attached hydrogens (tertiary/aromatic N) is 3. The summed E-state index contributed by atoms with van der Waals surface area (Å²) in [5.74, 6) is 0. The molecule has 0 saturated carbocycles. The Kier molecular flexibility index (Phi) is 8.51. The lowest BCUT2D eigenvalue weighted by Crippen LogP contribution is -2.45. The van der Waals surface area contributed by atoms with Crippen LogP contribution in [0.15, 0.2) is 85.6 Å². The molecule has 5 rings (SSSR count). The molecule has 0 bridgehead atoms. The molecule has 0 aromatic heterocycles. The number of hydrogen-bond donors (Lipinski definition) is 0. The van der Waals surface area contributed by atoms with Crippen LogP contribution in [0, 0.1) is 6.92 Å². The Morgan fingerprint density at radius 2 is 1.55 bits per heavy atom. The molecule has 0 amide bonds. The van der Waals surface area contributed by atoms with Crippen LogP contribution in [0.1, 0.15) is 66.1 Å². The molecule has 2 aliphatic rings. The molecule has 0 spiro atoms. The Balaban J connectivity index is 1.19. The molecule has 3 aromatic rings. The van der Waals surface area contributed by atoms with Gasteiger partial charge in [-0.1, -0.05) is 86.8 Å². The average Bonchev–Trinajstić information content (AvgIpc) is 3.43. The summed E-state index contributed by atoms with van der Waals surface area (Å²) in [6, 6.07) is 24.5. The topological polar surface area (TPSA) is 9.72 Å². The van der Waals surface area contributed by atoms with Crippen molar-refractivity contribution in [1.29, 1.82) is 0 Å². The Bertz CT molecular complexity index is 1350. The van der Waals surface area contributed by atoms with Gasteiger partial charge in [-0.3, -0.25) is 4.90 Å². The van der Waals surface area contributed by atoms with Crippen LogP contribution in [-0.2, 0) is 32.4 Å². The molecule has 0 atom stereocenters. The van der Waals surface area contributed by atoms with E-state index in [4.69, 9.17) is 0 Å². The summed E-state index contributed by atoms with van der Waals surface area (Å²) in [6.07, 6.45) is 4.29. The smallest absolute Gasteiger partial charge is 0.0371 e. The second kappa shape index (κ2) is 12.1. The zero-order valence-corrected chi connectivity index (χ0v) is 25.2. The van der Waals surface area contributed by atoms with Gasteiger partial charge in [0.05, 0.1) is 0 Å². The molecular formula is C37H47N3. The molecule has 2 heterocycles. The minimum absolute atomic E-state index is 0.125. The van der Waals surface area contributed by atoms with E-state index >= 15 is 0 Å². The summed E-state index contributed by atoms with van der Waals surface area (Å²) in [4.78, 5) is 7.61. The Labute approximate surface area is 242 Å². The number of fused-ring (bicyclic) bond motifs is 1. The molecule has 1 fully saturated rings. The normalized spacial score (nSPS) is 15.8. The zero-order valence-electron chi connectivity index (χ0n) is 25.2. The fourth-order valence-corrected chi connectivity index (χ4v) is 6.40. The van der Waals surface area contributed by atoms with E-state index in [1.807, 2.05) is 0 Å². The summed E-state index contributed by atoms with van der Waals surface area (Å²) in [5.41, 5.74) is 12.5. The average molecular weight is 534 g/mol. The fourth-order valence-electron chi connectivity index (χ4n) is 6.40. The highest BCUT2D eigenvalue weighted by atomic mass is 15.3. The second-order valence-corrected chi connectivity index (χ2v) is 12.4. The summed E-state index contributed by atoms with van der Waals surface area (Å²) in [6.45, 7) is 24.3. The van der Waals surface area contributed by atoms with Crippen LogP contribution < -0.4 is 0 Å². The number of aryl methyl sites for hydroxylation is 3. The van der Waals surface area contributed by atoms with Gasteiger partial charge in [0.15, 0.2) is 0 Å². The first kappa shape index (κ1) is 28.2. The third-order valence-electron chi connectivity index (χ3n) is 9.33. The monoisotopic (exact) mass is 533 g/mol. The van der Waals surface area contributed by atoms with E-state index in [1.165, 1.54) is 50.3 Å². The minimum atomic E-state index is 0.125. The highest BCUT2D eigenvalue weighted by molar-refractivity contribution is 5.67. The zero-order chi connectivity index (χ0) is 28.3. The van der Waals surface area contributed by atoms with Crippen molar-refractivity contribution < 1.29 is 0 Å². The van der Waals surface area contributed by atoms with Crippen LogP contribution >= 0.6 is 0 Å². The van der Waals surface area contributed by atoms with Gasteiger partial charge in [0.1, 0.15) is 0 Å². The minimum Gasteiger partial charge on any atom is -0.371 e. The van der Waals surface area contributed by atoms with Gasteiger partial charge in [0.25, 0.3) is 0 Å². The summed E-state index contributed by atoms with van der Waals surface area (Å²) >= 11 is 0. The second-order valence-electron chi connectivity index (χ2n) is 12.4. The maximum absolute atomic E-state index is 4.62. The molecule has 0 aliphatic carbocycles. The maximum Gasteiger partial charge on any atom is 0.0371 e. The van der Waals surface area contributed by atoms with Gasteiger partial charge in [-0.25, -0.2) is 0 Å². The van der Waals surface area contributed by atoms with Gasteiger partial charge in [0, 0.05) is 68.2 Å². The van der Waals surface area contributed by atoms with Crippen molar-refractivity contribution in [3.05, 3.63) is 125 Å². The fraction of sp³-hybridized carbons (Fsp3) is 0.405.